The van der Waals surface area contributed by atoms with E-state index in [9.17, 15) is 20.1 Å². The van der Waals surface area contributed by atoms with Gasteiger partial charge in [0, 0.05) is 30.4 Å². The number of hydrogen-bond acceptors (Lipinski definition) is 7. The highest BCUT2D eigenvalue weighted by Crippen LogP contribution is 2.72. The van der Waals surface area contributed by atoms with Crippen LogP contribution in [0.1, 0.15) is 39.5 Å². The second kappa shape index (κ2) is 5.58. The van der Waals surface area contributed by atoms with Gasteiger partial charge in [-0.3, -0.25) is 0 Å². The van der Waals surface area contributed by atoms with E-state index in [-0.39, 0.29) is 17.3 Å². The average molecular weight is 394 g/mol. The third-order valence-electron chi connectivity index (χ3n) is 8.69. The third kappa shape index (κ3) is 1.95. The molecule has 10 atom stereocenters. The molecule has 0 aromatic rings. The number of rotatable bonds is 1. The van der Waals surface area contributed by atoms with Crippen LogP contribution in [-0.4, -0.2) is 58.8 Å². The van der Waals surface area contributed by atoms with Gasteiger partial charge in [0.2, 0.25) is 0 Å². The van der Waals surface area contributed by atoms with Gasteiger partial charge < -0.3 is 29.5 Å². The lowest BCUT2D eigenvalue weighted by Gasteiger charge is -2.74. The first-order valence-electron chi connectivity index (χ1n) is 10.3. The Hall–Kier alpha value is -0.990. The number of hydrogen-bond donors (Lipinski definition) is 3. The van der Waals surface area contributed by atoms with Gasteiger partial charge in [-0.1, -0.05) is 20.4 Å². The fourth-order valence-corrected chi connectivity index (χ4v) is 7.65. The van der Waals surface area contributed by atoms with Crippen molar-refractivity contribution in [2.75, 3.05) is 7.11 Å². The van der Waals surface area contributed by atoms with Crippen molar-refractivity contribution in [1.82, 2.24) is 0 Å². The van der Waals surface area contributed by atoms with E-state index in [4.69, 9.17) is 14.2 Å². The van der Waals surface area contributed by atoms with E-state index in [0.29, 0.717) is 31.3 Å². The van der Waals surface area contributed by atoms with Crippen molar-refractivity contribution in [3.63, 3.8) is 0 Å². The lowest BCUT2D eigenvalue weighted by molar-refractivity contribution is -0.496. The topological polar surface area (TPSA) is 105 Å². The summed E-state index contributed by atoms with van der Waals surface area (Å²) in [5.41, 5.74) is -0.896. The zero-order chi connectivity index (χ0) is 20.2. The maximum Gasteiger partial charge on any atom is 0.333 e. The first-order chi connectivity index (χ1) is 13.1. The number of carbonyl (C=O) groups excluding carboxylic acids is 1. The summed E-state index contributed by atoms with van der Waals surface area (Å²) in [4.78, 5) is 12.4. The monoisotopic (exact) mass is 394 g/mol. The highest BCUT2D eigenvalue weighted by molar-refractivity contribution is 5.89. The predicted octanol–water partition coefficient (Wildman–Crippen LogP) is 0.960. The van der Waals surface area contributed by atoms with Crippen molar-refractivity contribution in [3.05, 3.63) is 12.2 Å². The largest absolute Gasteiger partial charge is 0.459 e. The zero-order valence-electron chi connectivity index (χ0n) is 16.6. The number of aliphatic hydroxyl groups is 3. The number of esters is 1. The molecule has 0 unspecified atom stereocenters. The predicted molar refractivity (Wildman–Crippen MR) is 96.5 cm³/mol. The SMILES string of the molecule is C=C1C(=O)O[C@H]2C[C@@H]1C[C@H]1[C@@H]2[C@@]23[C@H](OC)O[C@@]1(O)[C@@H](O)[C@@H]2C(C)(C)CC[C@@H]3O. The van der Waals surface area contributed by atoms with Gasteiger partial charge in [0.1, 0.15) is 12.2 Å². The highest BCUT2D eigenvalue weighted by atomic mass is 16.7. The van der Waals surface area contributed by atoms with Gasteiger partial charge in [-0.05, 0) is 37.0 Å². The number of ether oxygens (including phenoxy) is 3. The van der Waals surface area contributed by atoms with E-state index in [1.807, 2.05) is 0 Å². The fraction of sp³-hybridized carbons (Fsp3) is 0.857. The Morgan fingerprint density at radius 3 is 2.64 bits per heavy atom. The van der Waals surface area contributed by atoms with Crippen LogP contribution in [0.25, 0.3) is 0 Å². The Kier molecular flexibility index (Phi) is 3.78. The lowest BCUT2D eigenvalue weighted by Crippen LogP contribution is -2.84. The first-order valence-corrected chi connectivity index (χ1v) is 10.3. The van der Waals surface area contributed by atoms with E-state index in [1.54, 1.807) is 0 Å². The Morgan fingerprint density at radius 2 is 1.96 bits per heavy atom. The molecule has 0 radical (unpaired) electrons. The fourth-order valence-electron chi connectivity index (χ4n) is 7.65. The number of carbonyl (C=O) groups is 1. The van der Waals surface area contributed by atoms with Crippen LogP contribution in [0.3, 0.4) is 0 Å². The van der Waals surface area contributed by atoms with Crippen LogP contribution < -0.4 is 0 Å². The number of methoxy groups -OCH3 is 1. The minimum Gasteiger partial charge on any atom is -0.459 e. The molecule has 156 valence electrons. The molecular weight excluding hydrogens is 364 g/mol. The smallest absolute Gasteiger partial charge is 0.333 e. The van der Waals surface area contributed by atoms with Crippen molar-refractivity contribution >= 4 is 5.97 Å². The van der Waals surface area contributed by atoms with E-state index in [1.165, 1.54) is 7.11 Å². The average Bonchev–Trinajstić information content (AvgIpc) is 2.64. The van der Waals surface area contributed by atoms with Gasteiger partial charge in [-0.25, -0.2) is 4.79 Å². The molecule has 28 heavy (non-hydrogen) atoms. The van der Waals surface area contributed by atoms with E-state index in [2.05, 4.69) is 20.4 Å². The summed E-state index contributed by atoms with van der Waals surface area (Å²) in [7, 11) is 1.50. The van der Waals surface area contributed by atoms with Gasteiger partial charge in [0.15, 0.2) is 12.1 Å². The molecule has 3 N–H and O–H groups in total. The Labute approximate surface area is 164 Å². The molecule has 4 bridgehead atoms. The quantitative estimate of drug-likeness (QED) is 0.449. The van der Waals surface area contributed by atoms with Gasteiger partial charge in [-0.15, -0.1) is 0 Å². The Morgan fingerprint density at radius 1 is 1.25 bits per heavy atom. The normalized spacial score (nSPS) is 56.6. The molecule has 3 aliphatic heterocycles. The molecule has 3 aliphatic carbocycles. The summed E-state index contributed by atoms with van der Waals surface area (Å²) in [5, 5.41) is 34.4. The molecule has 3 saturated heterocycles. The van der Waals surface area contributed by atoms with Crippen molar-refractivity contribution < 1.29 is 34.3 Å². The number of fused-ring (bicyclic) bond motifs is 3. The van der Waals surface area contributed by atoms with Gasteiger partial charge in [-0.2, -0.15) is 0 Å². The van der Waals surface area contributed by atoms with Crippen LogP contribution in [0, 0.1) is 34.5 Å². The Bertz CT molecular complexity index is 734. The number of aliphatic hydroxyl groups excluding tert-OH is 2. The lowest BCUT2D eigenvalue weighted by atomic mass is 9.38. The van der Waals surface area contributed by atoms with Crippen LogP contribution >= 0.6 is 0 Å². The standard InChI is InChI=1S/C21H30O7/c1-9-10-7-11-14(12(8-10)27-17(9)24)20-13(22)5-6-19(2,3)15(20)16(23)21(11,25)28-18(20)26-4/h10-16,18,22-23,25H,1,5-8H2,2-4H3/t10-,11-,12-,13-,14-,15+,16-,18+,20+,21+/m0/s1. The molecule has 0 amide bonds. The van der Waals surface area contributed by atoms with E-state index < -0.39 is 53.6 Å². The molecule has 0 aromatic heterocycles. The summed E-state index contributed by atoms with van der Waals surface area (Å²) in [6.07, 6.45) is -0.953. The van der Waals surface area contributed by atoms with Crippen molar-refractivity contribution in [1.29, 1.82) is 0 Å². The van der Waals surface area contributed by atoms with Gasteiger partial charge in [0.25, 0.3) is 0 Å². The summed E-state index contributed by atoms with van der Waals surface area (Å²) in [5.74, 6) is -3.60. The van der Waals surface area contributed by atoms with Crippen LogP contribution in [0.15, 0.2) is 12.2 Å². The highest BCUT2D eigenvalue weighted by Gasteiger charge is 2.81. The maximum atomic E-state index is 12.4. The molecule has 6 fully saturated rings. The molecule has 6 aliphatic rings. The van der Waals surface area contributed by atoms with Crippen molar-refractivity contribution in [2.45, 2.75) is 69.9 Å². The van der Waals surface area contributed by atoms with E-state index in [0.717, 1.165) is 0 Å². The molecule has 3 heterocycles. The summed E-state index contributed by atoms with van der Waals surface area (Å²) in [6.45, 7) is 7.99. The minimum atomic E-state index is -1.81. The molecule has 7 heteroatoms. The summed E-state index contributed by atoms with van der Waals surface area (Å²) < 4.78 is 17.5. The first kappa shape index (κ1) is 19.0. The van der Waals surface area contributed by atoms with Crippen LogP contribution in [-0.2, 0) is 19.0 Å². The summed E-state index contributed by atoms with van der Waals surface area (Å²) in [6, 6.07) is 0. The molecular formula is C21H30O7. The third-order valence-corrected chi connectivity index (χ3v) is 8.69. The molecule has 0 aromatic carbocycles. The van der Waals surface area contributed by atoms with Crippen molar-refractivity contribution in [3.8, 4) is 0 Å². The maximum absolute atomic E-state index is 12.4. The summed E-state index contributed by atoms with van der Waals surface area (Å²) >= 11 is 0. The van der Waals surface area contributed by atoms with Crippen molar-refractivity contribution in [2.24, 2.45) is 34.5 Å². The van der Waals surface area contributed by atoms with Crippen LogP contribution in [0.4, 0.5) is 0 Å². The minimum absolute atomic E-state index is 0.115. The van der Waals surface area contributed by atoms with Crippen LogP contribution in [0.5, 0.6) is 0 Å². The van der Waals surface area contributed by atoms with E-state index >= 15 is 0 Å². The molecule has 6 rings (SSSR count). The molecule has 7 nitrogen and oxygen atoms in total. The second-order valence-electron chi connectivity index (χ2n) is 10.2. The molecule has 1 spiro atoms. The van der Waals surface area contributed by atoms with Crippen LogP contribution in [0.2, 0.25) is 0 Å². The molecule has 3 saturated carbocycles. The van der Waals surface area contributed by atoms with Gasteiger partial charge >= 0.3 is 5.97 Å². The second-order valence-corrected chi connectivity index (χ2v) is 10.2. The zero-order valence-corrected chi connectivity index (χ0v) is 16.6. The van der Waals surface area contributed by atoms with Gasteiger partial charge in [0.05, 0.1) is 11.5 Å². The Balaban J connectivity index is 1.73.